The Morgan fingerprint density at radius 1 is 1.19 bits per heavy atom. The topological polar surface area (TPSA) is 103 Å². The molecule has 37 heavy (non-hydrogen) atoms. The molecule has 2 heterocycles. The van der Waals surface area contributed by atoms with E-state index in [1.165, 1.54) is 0 Å². The molecular formula is C28H36ClN3O5. The van der Waals surface area contributed by atoms with Crippen LogP contribution in [0.3, 0.4) is 0 Å². The maximum atomic E-state index is 13.4. The lowest BCUT2D eigenvalue weighted by Gasteiger charge is -2.49. The van der Waals surface area contributed by atoms with Gasteiger partial charge < -0.3 is 24.6 Å². The number of amides is 2. The van der Waals surface area contributed by atoms with Crippen LogP contribution < -0.4 is 5.32 Å². The summed E-state index contributed by atoms with van der Waals surface area (Å²) in [6.45, 7) is 6.53. The lowest BCUT2D eigenvalue weighted by molar-refractivity contribution is -0.161. The molecule has 0 radical (unpaired) electrons. The molecule has 4 atom stereocenters. The zero-order valence-electron chi connectivity index (χ0n) is 21.9. The Labute approximate surface area is 222 Å². The Hall–Kier alpha value is -2.84. The Bertz CT molecular complexity index is 1150. The van der Waals surface area contributed by atoms with Gasteiger partial charge >= 0.3 is 5.97 Å². The van der Waals surface area contributed by atoms with Crippen LogP contribution in [0.5, 0.6) is 0 Å². The molecule has 8 nitrogen and oxygen atoms in total. The number of halogens is 1. The number of carbonyl (C=O) groups excluding carboxylic acids is 2. The second-order valence-corrected chi connectivity index (χ2v) is 11.0. The number of carboxylic acids is 1. The van der Waals surface area contributed by atoms with E-state index in [1.54, 1.807) is 41.3 Å². The summed E-state index contributed by atoms with van der Waals surface area (Å²) in [6.07, 6.45) is 2.82. The number of benzene rings is 1. The number of nitrogens with zero attached hydrogens (tertiary/aromatic N) is 2. The van der Waals surface area contributed by atoms with Gasteiger partial charge in [0.15, 0.2) is 5.76 Å². The van der Waals surface area contributed by atoms with Gasteiger partial charge in [0.25, 0.3) is 5.91 Å². The molecule has 9 heteroatoms. The van der Waals surface area contributed by atoms with Crippen LogP contribution in [0.4, 0.5) is 0 Å². The molecule has 200 valence electrons. The molecule has 1 aliphatic heterocycles. The smallest absolute Gasteiger partial charge is 0.311 e. The molecule has 2 aliphatic rings. The number of rotatable bonds is 8. The van der Waals surface area contributed by atoms with E-state index in [0.717, 1.165) is 12.0 Å². The molecule has 1 saturated heterocycles. The summed E-state index contributed by atoms with van der Waals surface area (Å²) in [4.78, 5) is 42.9. The second-order valence-electron chi connectivity index (χ2n) is 10.5. The largest absolute Gasteiger partial charge is 0.481 e. The molecule has 2 fully saturated rings. The van der Waals surface area contributed by atoms with Gasteiger partial charge in [-0.25, -0.2) is 0 Å². The van der Waals surface area contributed by atoms with Crippen LogP contribution in [-0.2, 0) is 9.59 Å². The zero-order valence-corrected chi connectivity index (χ0v) is 22.6. The minimum Gasteiger partial charge on any atom is -0.481 e. The summed E-state index contributed by atoms with van der Waals surface area (Å²) in [5.41, 5.74) is -0.232. The number of carbonyl (C=O) groups is 3. The third-order valence-electron chi connectivity index (χ3n) is 8.34. The van der Waals surface area contributed by atoms with Gasteiger partial charge in [0.2, 0.25) is 5.91 Å². The summed E-state index contributed by atoms with van der Waals surface area (Å²) in [7, 11) is 2.04. The van der Waals surface area contributed by atoms with Crippen molar-refractivity contribution in [3.05, 3.63) is 47.2 Å². The summed E-state index contributed by atoms with van der Waals surface area (Å²) in [6, 6.07) is 9.71. The summed E-state index contributed by atoms with van der Waals surface area (Å²) in [5.74, 6) is -0.909. The lowest BCUT2D eigenvalue weighted by atomic mass is 9.65. The van der Waals surface area contributed by atoms with E-state index in [0.29, 0.717) is 49.1 Å². The average molecular weight is 530 g/mol. The third-order valence-corrected chi connectivity index (χ3v) is 8.59. The van der Waals surface area contributed by atoms with Crippen LogP contribution in [-0.4, -0.2) is 70.4 Å². The first-order chi connectivity index (χ1) is 17.6. The van der Waals surface area contributed by atoms with Crippen molar-refractivity contribution in [2.45, 2.75) is 77.0 Å². The van der Waals surface area contributed by atoms with Gasteiger partial charge in [-0.2, -0.15) is 0 Å². The molecule has 1 unspecified atom stereocenters. The fourth-order valence-electron chi connectivity index (χ4n) is 5.87. The average Bonchev–Trinajstić information content (AvgIpc) is 3.51. The Morgan fingerprint density at radius 3 is 2.51 bits per heavy atom. The normalized spacial score (nSPS) is 26.2. The van der Waals surface area contributed by atoms with Gasteiger partial charge in [-0.3, -0.25) is 14.4 Å². The number of nitrogens with one attached hydrogen (secondary N) is 1. The van der Waals surface area contributed by atoms with E-state index < -0.39 is 29.4 Å². The maximum absolute atomic E-state index is 13.4. The van der Waals surface area contributed by atoms with Gasteiger partial charge in [0, 0.05) is 35.3 Å². The van der Waals surface area contributed by atoms with Gasteiger partial charge in [0.05, 0.1) is 5.41 Å². The molecule has 2 amide bonds. The van der Waals surface area contributed by atoms with E-state index in [1.807, 2.05) is 14.0 Å². The van der Waals surface area contributed by atoms with Gasteiger partial charge in [-0.1, -0.05) is 18.5 Å². The predicted octanol–water partition coefficient (Wildman–Crippen LogP) is 4.67. The van der Waals surface area contributed by atoms with Crippen molar-refractivity contribution in [3.63, 3.8) is 0 Å². The number of hydrogen-bond donors (Lipinski definition) is 2. The van der Waals surface area contributed by atoms with Crippen LogP contribution >= 0.6 is 11.6 Å². The van der Waals surface area contributed by atoms with E-state index >= 15 is 0 Å². The van der Waals surface area contributed by atoms with Crippen molar-refractivity contribution in [1.82, 2.24) is 15.1 Å². The van der Waals surface area contributed by atoms with E-state index in [-0.39, 0.29) is 17.7 Å². The van der Waals surface area contributed by atoms with Crippen LogP contribution in [0.15, 0.2) is 40.8 Å². The van der Waals surface area contributed by atoms with E-state index in [2.05, 4.69) is 24.1 Å². The van der Waals surface area contributed by atoms with E-state index in [9.17, 15) is 19.5 Å². The highest BCUT2D eigenvalue weighted by atomic mass is 35.5. The summed E-state index contributed by atoms with van der Waals surface area (Å²) >= 11 is 5.94. The molecule has 1 aromatic carbocycles. The first-order valence-corrected chi connectivity index (χ1v) is 13.4. The Morgan fingerprint density at radius 2 is 1.89 bits per heavy atom. The van der Waals surface area contributed by atoms with Crippen molar-refractivity contribution in [3.8, 4) is 11.3 Å². The van der Waals surface area contributed by atoms with Crippen molar-refractivity contribution < 1.29 is 23.9 Å². The molecule has 2 aromatic rings. The molecule has 0 bridgehead atoms. The number of furan rings is 1. The number of hydrogen-bond acceptors (Lipinski definition) is 5. The second kappa shape index (κ2) is 10.9. The van der Waals surface area contributed by atoms with Crippen LogP contribution in [0, 0.1) is 5.41 Å². The Kier molecular flexibility index (Phi) is 7.99. The highest BCUT2D eigenvalue weighted by molar-refractivity contribution is 6.30. The lowest BCUT2D eigenvalue weighted by Crippen LogP contribution is -2.59. The quantitative estimate of drug-likeness (QED) is 0.515. The third kappa shape index (κ3) is 5.27. The van der Waals surface area contributed by atoms with Crippen molar-refractivity contribution >= 4 is 29.4 Å². The fraction of sp³-hybridized carbons (Fsp3) is 0.536. The first kappa shape index (κ1) is 27.2. The molecule has 4 rings (SSSR count). The Balaban J connectivity index is 1.46. The predicted molar refractivity (Wildman–Crippen MR) is 141 cm³/mol. The minimum atomic E-state index is -1.02. The molecule has 2 N–H and O–H groups in total. The van der Waals surface area contributed by atoms with Crippen molar-refractivity contribution in [1.29, 1.82) is 0 Å². The standard InChI is InChI=1S/C28H36ClN3O5/c1-5-28(27(35)36)16-20(31(4)17(2)3)10-13-24(28)32-15-14-21(26(32)34)30-25(33)23-12-11-22(37-23)18-6-8-19(29)9-7-18/h6-9,11-12,17,20-21,24H,5,10,13-16H2,1-4H3,(H,30,33)(H,35,36)/t20-,21?,24+,28+/m1/s1. The summed E-state index contributed by atoms with van der Waals surface area (Å²) < 4.78 is 5.73. The number of likely N-dealkylation sites (tertiary alicyclic amines) is 1. The summed E-state index contributed by atoms with van der Waals surface area (Å²) in [5, 5.41) is 13.8. The van der Waals surface area contributed by atoms with Crippen molar-refractivity contribution in [2.75, 3.05) is 13.6 Å². The van der Waals surface area contributed by atoms with Crippen LogP contribution in [0.1, 0.15) is 63.4 Å². The maximum Gasteiger partial charge on any atom is 0.311 e. The van der Waals surface area contributed by atoms with Crippen LogP contribution in [0.25, 0.3) is 11.3 Å². The fourth-order valence-corrected chi connectivity index (χ4v) is 6.00. The molecule has 1 saturated carbocycles. The highest BCUT2D eigenvalue weighted by Gasteiger charge is 2.54. The molecular weight excluding hydrogens is 494 g/mol. The molecule has 0 spiro atoms. The molecule has 1 aliphatic carbocycles. The van der Waals surface area contributed by atoms with Gasteiger partial charge in [-0.05, 0) is 89.4 Å². The minimum absolute atomic E-state index is 0.113. The van der Waals surface area contributed by atoms with Crippen LogP contribution in [0.2, 0.25) is 5.02 Å². The zero-order chi connectivity index (χ0) is 26.9. The van der Waals surface area contributed by atoms with Gasteiger partial charge in [0.1, 0.15) is 11.8 Å². The highest BCUT2D eigenvalue weighted by Crippen LogP contribution is 2.45. The monoisotopic (exact) mass is 529 g/mol. The number of aliphatic carboxylic acids is 1. The number of carboxylic acid groups (broad SMARTS) is 1. The van der Waals surface area contributed by atoms with E-state index in [4.69, 9.17) is 16.0 Å². The first-order valence-electron chi connectivity index (χ1n) is 13.0. The van der Waals surface area contributed by atoms with Crippen molar-refractivity contribution in [2.24, 2.45) is 5.41 Å². The SMILES string of the molecule is CC[C@]1(C(=O)O)C[C@H](N(C)C(C)C)CC[C@@H]1N1CCC(NC(=O)c2ccc(-c3ccc(Cl)cc3)o2)C1=O. The molecule has 1 aromatic heterocycles. The van der Waals surface area contributed by atoms with Gasteiger partial charge in [-0.15, -0.1) is 0 Å².